The standard InChI is InChI=1S/C13H19ClN4OS/c1-5-20-6-8(2)18-11(9(3)14)17-10-12(18)15-7-16-13(10)19-4/h7-9H,5-6H2,1-4H3. The number of hydrogen-bond donors (Lipinski definition) is 0. The molecule has 0 fully saturated rings. The molecule has 2 heterocycles. The van der Waals surface area contributed by atoms with E-state index in [-0.39, 0.29) is 11.4 Å². The van der Waals surface area contributed by atoms with Crippen molar-refractivity contribution in [3.63, 3.8) is 0 Å². The zero-order valence-electron chi connectivity index (χ0n) is 12.1. The lowest BCUT2D eigenvalue weighted by Crippen LogP contribution is -2.13. The second-order valence-corrected chi connectivity index (χ2v) is 6.49. The second kappa shape index (κ2) is 6.63. The molecule has 0 spiro atoms. The van der Waals surface area contributed by atoms with Gasteiger partial charge in [-0.05, 0) is 19.6 Å². The van der Waals surface area contributed by atoms with Crippen LogP contribution in [-0.4, -0.2) is 38.1 Å². The van der Waals surface area contributed by atoms with Crippen LogP contribution in [0.3, 0.4) is 0 Å². The van der Waals surface area contributed by atoms with Crippen LogP contribution in [0.15, 0.2) is 6.33 Å². The number of alkyl halides is 1. The number of thioether (sulfide) groups is 1. The van der Waals surface area contributed by atoms with Gasteiger partial charge in [-0.15, -0.1) is 11.6 Å². The molecule has 0 N–H and O–H groups in total. The number of ether oxygens (including phenoxy) is 1. The van der Waals surface area contributed by atoms with Crippen LogP contribution in [-0.2, 0) is 0 Å². The third-order valence-corrected chi connectivity index (χ3v) is 4.35. The Balaban J connectivity index is 2.57. The van der Waals surface area contributed by atoms with Crippen molar-refractivity contribution in [1.82, 2.24) is 19.5 Å². The molecule has 0 saturated carbocycles. The van der Waals surface area contributed by atoms with Gasteiger partial charge in [-0.2, -0.15) is 16.7 Å². The predicted octanol–water partition coefficient (Wildman–Crippen LogP) is 3.45. The zero-order valence-corrected chi connectivity index (χ0v) is 13.7. The first-order valence-electron chi connectivity index (χ1n) is 6.58. The largest absolute Gasteiger partial charge is 0.479 e. The first-order valence-corrected chi connectivity index (χ1v) is 8.17. The van der Waals surface area contributed by atoms with Crippen LogP contribution in [0.25, 0.3) is 11.2 Å². The van der Waals surface area contributed by atoms with Crippen molar-refractivity contribution in [3.8, 4) is 5.88 Å². The van der Waals surface area contributed by atoms with Gasteiger partial charge in [0.05, 0.1) is 12.5 Å². The lowest BCUT2D eigenvalue weighted by atomic mass is 10.3. The SMILES string of the molecule is CCSCC(C)n1c(C(C)Cl)nc2c(OC)ncnc21. The van der Waals surface area contributed by atoms with Crippen LogP contribution in [0, 0.1) is 0 Å². The first kappa shape index (κ1) is 15.4. The maximum absolute atomic E-state index is 6.27. The summed E-state index contributed by atoms with van der Waals surface area (Å²) in [6.07, 6.45) is 1.50. The molecular weight excluding hydrogens is 296 g/mol. The van der Waals surface area contributed by atoms with Crippen molar-refractivity contribution < 1.29 is 4.74 Å². The fraction of sp³-hybridized carbons (Fsp3) is 0.615. The maximum atomic E-state index is 6.27. The van der Waals surface area contributed by atoms with E-state index in [0.29, 0.717) is 11.4 Å². The van der Waals surface area contributed by atoms with E-state index in [1.165, 1.54) is 6.33 Å². The molecular formula is C13H19ClN4OS. The van der Waals surface area contributed by atoms with Crippen molar-refractivity contribution in [2.45, 2.75) is 32.2 Å². The molecule has 0 aliphatic carbocycles. The summed E-state index contributed by atoms with van der Waals surface area (Å²) in [5.74, 6) is 3.37. The van der Waals surface area contributed by atoms with E-state index in [2.05, 4.69) is 33.4 Å². The van der Waals surface area contributed by atoms with Crippen molar-refractivity contribution in [2.24, 2.45) is 0 Å². The summed E-state index contributed by atoms with van der Waals surface area (Å²) < 4.78 is 7.36. The third-order valence-electron chi connectivity index (χ3n) is 3.02. The minimum atomic E-state index is -0.192. The fourth-order valence-corrected chi connectivity index (χ4v) is 3.01. The average molecular weight is 315 g/mol. The number of halogens is 1. The van der Waals surface area contributed by atoms with Crippen LogP contribution in [0.1, 0.15) is 38.0 Å². The molecule has 0 bridgehead atoms. The van der Waals surface area contributed by atoms with E-state index in [1.807, 2.05) is 18.7 Å². The van der Waals surface area contributed by atoms with Crippen molar-refractivity contribution in [1.29, 1.82) is 0 Å². The summed E-state index contributed by atoms with van der Waals surface area (Å²) >= 11 is 8.16. The number of methoxy groups -OCH3 is 1. The number of rotatable bonds is 6. The lowest BCUT2D eigenvalue weighted by Gasteiger charge is -2.17. The van der Waals surface area contributed by atoms with Gasteiger partial charge in [-0.1, -0.05) is 6.92 Å². The van der Waals surface area contributed by atoms with E-state index in [9.17, 15) is 0 Å². The molecule has 2 aromatic rings. The quantitative estimate of drug-likeness (QED) is 0.764. The highest BCUT2D eigenvalue weighted by atomic mass is 35.5. The van der Waals surface area contributed by atoms with Gasteiger partial charge in [-0.25, -0.2) is 9.97 Å². The van der Waals surface area contributed by atoms with E-state index in [1.54, 1.807) is 7.11 Å². The summed E-state index contributed by atoms with van der Waals surface area (Å²) in [6, 6.07) is 0.265. The number of aromatic nitrogens is 4. The smallest absolute Gasteiger partial charge is 0.245 e. The minimum absolute atomic E-state index is 0.192. The van der Waals surface area contributed by atoms with Gasteiger partial charge in [0, 0.05) is 11.8 Å². The van der Waals surface area contributed by atoms with Crippen molar-refractivity contribution in [3.05, 3.63) is 12.2 Å². The number of hydrogen-bond acceptors (Lipinski definition) is 5. The van der Waals surface area contributed by atoms with Crippen LogP contribution in [0.2, 0.25) is 0 Å². The van der Waals surface area contributed by atoms with Crippen molar-refractivity contribution >= 4 is 34.5 Å². The Morgan fingerprint density at radius 3 is 2.75 bits per heavy atom. The van der Waals surface area contributed by atoms with Gasteiger partial charge in [0.1, 0.15) is 12.2 Å². The molecule has 2 aromatic heterocycles. The Morgan fingerprint density at radius 1 is 1.40 bits per heavy atom. The topological polar surface area (TPSA) is 52.8 Å². The van der Waals surface area contributed by atoms with Gasteiger partial charge < -0.3 is 9.30 Å². The highest BCUT2D eigenvalue weighted by Crippen LogP contribution is 2.31. The van der Waals surface area contributed by atoms with Gasteiger partial charge in [0.15, 0.2) is 11.2 Å². The molecule has 0 amide bonds. The summed E-state index contributed by atoms with van der Waals surface area (Å²) in [4.78, 5) is 13.1. The lowest BCUT2D eigenvalue weighted by molar-refractivity contribution is 0.401. The Bertz CT molecular complexity index is 587. The Hall–Kier alpha value is -1.01. The summed E-state index contributed by atoms with van der Waals surface area (Å²) in [5, 5.41) is -0.192. The number of fused-ring (bicyclic) bond motifs is 1. The molecule has 0 radical (unpaired) electrons. The normalized spacial score (nSPS) is 14.4. The second-order valence-electron chi connectivity index (χ2n) is 4.52. The minimum Gasteiger partial charge on any atom is -0.479 e. The summed E-state index contributed by atoms with van der Waals surface area (Å²) in [7, 11) is 1.58. The maximum Gasteiger partial charge on any atom is 0.245 e. The van der Waals surface area contributed by atoms with Crippen LogP contribution >= 0.6 is 23.4 Å². The average Bonchev–Trinajstić information content (AvgIpc) is 2.84. The van der Waals surface area contributed by atoms with Crippen LogP contribution in [0.4, 0.5) is 0 Å². The summed E-state index contributed by atoms with van der Waals surface area (Å²) in [5.41, 5.74) is 1.45. The first-order chi connectivity index (χ1) is 9.60. The van der Waals surface area contributed by atoms with Gasteiger partial charge in [0.25, 0.3) is 0 Å². The molecule has 7 heteroatoms. The van der Waals surface area contributed by atoms with Crippen LogP contribution in [0.5, 0.6) is 5.88 Å². The van der Waals surface area contributed by atoms with E-state index in [0.717, 1.165) is 23.0 Å². The molecule has 2 unspecified atom stereocenters. The predicted molar refractivity (Wildman–Crippen MR) is 83.9 cm³/mol. The molecule has 2 atom stereocenters. The monoisotopic (exact) mass is 314 g/mol. The molecule has 5 nitrogen and oxygen atoms in total. The molecule has 0 aliphatic heterocycles. The zero-order chi connectivity index (χ0) is 14.7. The molecule has 20 heavy (non-hydrogen) atoms. The van der Waals surface area contributed by atoms with Gasteiger partial charge in [0.2, 0.25) is 5.88 Å². The highest BCUT2D eigenvalue weighted by Gasteiger charge is 2.22. The summed E-state index contributed by atoms with van der Waals surface area (Å²) in [6.45, 7) is 6.22. The Morgan fingerprint density at radius 2 is 2.15 bits per heavy atom. The molecule has 2 rings (SSSR count). The fourth-order valence-electron chi connectivity index (χ4n) is 2.13. The molecule has 110 valence electrons. The number of nitrogens with zero attached hydrogens (tertiary/aromatic N) is 4. The van der Waals surface area contributed by atoms with Crippen molar-refractivity contribution in [2.75, 3.05) is 18.6 Å². The molecule has 0 aromatic carbocycles. The molecule has 0 saturated heterocycles. The molecule has 0 aliphatic rings. The van der Waals surface area contributed by atoms with Gasteiger partial charge in [-0.3, -0.25) is 0 Å². The van der Waals surface area contributed by atoms with E-state index < -0.39 is 0 Å². The third kappa shape index (κ3) is 2.86. The number of imidazole rings is 1. The Kier molecular flexibility index (Phi) is 5.10. The van der Waals surface area contributed by atoms with E-state index >= 15 is 0 Å². The van der Waals surface area contributed by atoms with Gasteiger partial charge >= 0.3 is 0 Å². The highest BCUT2D eigenvalue weighted by molar-refractivity contribution is 7.99. The van der Waals surface area contributed by atoms with E-state index in [4.69, 9.17) is 16.3 Å². The van der Waals surface area contributed by atoms with Crippen LogP contribution < -0.4 is 4.74 Å². The Labute approximate surface area is 128 Å².